The number of hydrogen-bond acceptors (Lipinski definition) is 3. The number of ether oxygens (including phenoxy) is 2. The van der Waals surface area contributed by atoms with Crippen LogP contribution in [0.1, 0.15) is 5.69 Å². The monoisotopic (exact) mass is 248 g/mol. The molecule has 1 aromatic carbocycles. The van der Waals surface area contributed by atoms with Crippen molar-refractivity contribution in [3.05, 3.63) is 47.1 Å². The van der Waals surface area contributed by atoms with Crippen LogP contribution in [0.15, 0.2) is 30.3 Å². The van der Waals surface area contributed by atoms with E-state index in [9.17, 15) is 0 Å². The Kier molecular flexibility index (Phi) is 3.49. The normalized spacial score (nSPS) is 10.1. The van der Waals surface area contributed by atoms with Gasteiger partial charge in [-0.15, -0.1) is 0 Å². The van der Waals surface area contributed by atoms with Crippen molar-refractivity contribution < 1.29 is 9.47 Å². The fraction of sp³-hybridized carbons (Fsp3) is 0.154. The summed E-state index contributed by atoms with van der Waals surface area (Å²) in [5, 5.41) is 0.483. The first-order chi connectivity index (χ1) is 8.19. The molecular weight excluding hydrogens is 238 g/mol. The second-order valence-electron chi connectivity index (χ2n) is 3.41. The highest BCUT2D eigenvalue weighted by atomic mass is 35.5. The number of benzene rings is 1. The molecule has 1 aromatic heterocycles. The summed E-state index contributed by atoms with van der Waals surface area (Å²) >= 11 is 6.06. The zero-order valence-electron chi connectivity index (χ0n) is 9.53. The third-order valence-corrected chi connectivity index (χ3v) is 2.44. The van der Waals surface area contributed by atoms with Crippen LogP contribution in [0.5, 0.6) is 17.4 Å². The summed E-state index contributed by atoms with van der Waals surface area (Å²) < 4.78 is 10.6. The lowest BCUT2D eigenvalue weighted by atomic mass is 10.3. The number of aromatic nitrogens is 1. The summed E-state index contributed by atoms with van der Waals surface area (Å²) in [4.78, 5) is 4.18. The zero-order chi connectivity index (χ0) is 12.3. The first kappa shape index (κ1) is 11.7. The number of methoxy groups -OCH3 is 1. The molecule has 1 heterocycles. The number of nitrogens with zero attached hydrogens (tertiary/aromatic N) is 1. The van der Waals surface area contributed by atoms with Gasteiger partial charge in [-0.2, -0.15) is 0 Å². The Morgan fingerprint density at radius 1 is 1.29 bits per heavy atom. The van der Waals surface area contributed by atoms with Gasteiger partial charge in [-0.25, -0.2) is 4.98 Å². The smallest absolute Gasteiger partial charge is 0.219 e. The Balaban J connectivity index is 2.24. The van der Waals surface area contributed by atoms with E-state index in [1.165, 1.54) is 0 Å². The first-order valence-electron chi connectivity index (χ1n) is 5.06. The van der Waals surface area contributed by atoms with Gasteiger partial charge < -0.3 is 9.47 Å². The number of aryl methyl sites for hydroxylation is 1. The molecule has 17 heavy (non-hydrogen) atoms. The van der Waals surface area contributed by atoms with Crippen molar-refractivity contribution >= 4 is 11.6 Å². The van der Waals surface area contributed by atoms with Crippen molar-refractivity contribution in [1.82, 2.24) is 4.98 Å². The fourth-order valence-electron chi connectivity index (χ4n) is 1.33. The Labute approximate surface area is 105 Å². The number of pyridine rings is 1. The summed E-state index contributed by atoms with van der Waals surface area (Å²) in [5.74, 6) is 1.73. The zero-order valence-corrected chi connectivity index (χ0v) is 10.3. The molecule has 2 aromatic rings. The van der Waals surface area contributed by atoms with Crippen LogP contribution in [0.25, 0.3) is 0 Å². The summed E-state index contributed by atoms with van der Waals surface area (Å²) in [7, 11) is 1.59. The second-order valence-corrected chi connectivity index (χ2v) is 3.82. The van der Waals surface area contributed by atoms with Gasteiger partial charge in [-0.3, -0.25) is 0 Å². The Morgan fingerprint density at radius 2 is 2.12 bits per heavy atom. The standard InChI is InChI=1S/C13H11ClNO2/c1-9-4-3-5-13(15-9)17-12-7-6-10(16-2)8-11(12)14/h3,5-8H,1-2H3. The highest BCUT2D eigenvalue weighted by molar-refractivity contribution is 6.32. The van der Waals surface area contributed by atoms with Gasteiger partial charge in [-0.05, 0) is 25.1 Å². The molecule has 0 saturated heterocycles. The van der Waals surface area contributed by atoms with E-state index >= 15 is 0 Å². The number of rotatable bonds is 3. The lowest BCUT2D eigenvalue weighted by molar-refractivity contribution is 0.412. The summed E-state index contributed by atoms with van der Waals surface area (Å²) in [6.45, 7) is 1.85. The van der Waals surface area contributed by atoms with Crippen molar-refractivity contribution in [3.63, 3.8) is 0 Å². The van der Waals surface area contributed by atoms with Crippen molar-refractivity contribution in [2.75, 3.05) is 7.11 Å². The first-order valence-corrected chi connectivity index (χ1v) is 5.43. The van der Waals surface area contributed by atoms with E-state index < -0.39 is 0 Å². The molecule has 0 fully saturated rings. The van der Waals surface area contributed by atoms with Crippen LogP contribution in [0.3, 0.4) is 0 Å². The Bertz CT molecular complexity index is 529. The fourth-order valence-corrected chi connectivity index (χ4v) is 1.54. The Hall–Kier alpha value is -1.74. The molecule has 0 atom stereocenters. The molecule has 4 heteroatoms. The van der Waals surface area contributed by atoms with Crippen LogP contribution in [0.2, 0.25) is 5.02 Å². The molecule has 0 saturated carbocycles. The highest BCUT2D eigenvalue weighted by Crippen LogP contribution is 2.31. The largest absolute Gasteiger partial charge is 0.497 e. The van der Waals surface area contributed by atoms with Crippen LogP contribution in [0, 0.1) is 13.0 Å². The van der Waals surface area contributed by atoms with Gasteiger partial charge in [-0.1, -0.05) is 11.6 Å². The maximum atomic E-state index is 6.06. The van der Waals surface area contributed by atoms with Crippen molar-refractivity contribution in [2.24, 2.45) is 0 Å². The molecule has 0 aliphatic carbocycles. The minimum Gasteiger partial charge on any atom is -0.497 e. The lowest BCUT2D eigenvalue weighted by Gasteiger charge is -2.08. The average molecular weight is 249 g/mol. The van der Waals surface area contributed by atoms with Crippen LogP contribution in [0.4, 0.5) is 0 Å². The van der Waals surface area contributed by atoms with E-state index in [0.717, 1.165) is 5.69 Å². The molecule has 0 spiro atoms. The van der Waals surface area contributed by atoms with E-state index in [-0.39, 0.29) is 0 Å². The summed E-state index contributed by atoms with van der Waals surface area (Å²) in [5.41, 5.74) is 0.770. The van der Waals surface area contributed by atoms with Gasteiger partial charge in [0, 0.05) is 23.9 Å². The third-order valence-electron chi connectivity index (χ3n) is 2.15. The summed E-state index contributed by atoms with van der Waals surface area (Å²) in [6, 6.07) is 11.7. The molecule has 2 rings (SSSR count). The molecule has 1 radical (unpaired) electrons. The molecule has 87 valence electrons. The molecule has 0 unspecified atom stereocenters. The molecular formula is C13H11ClNO2. The van der Waals surface area contributed by atoms with E-state index in [1.54, 1.807) is 37.4 Å². The van der Waals surface area contributed by atoms with Gasteiger partial charge >= 0.3 is 0 Å². The maximum absolute atomic E-state index is 6.06. The summed E-state index contributed by atoms with van der Waals surface area (Å²) in [6.07, 6.45) is 0. The van der Waals surface area contributed by atoms with Crippen molar-refractivity contribution in [1.29, 1.82) is 0 Å². The molecule has 0 N–H and O–H groups in total. The van der Waals surface area contributed by atoms with E-state index in [2.05, 4.69) is 11.1 Å². The molecule has 0 aliphatic heterocycles. The van der Waals surface area contributed by atoms with Gasteiger partial charge in [0.05, 0.1) is 12.1 Å². The molecule has 0 amide bonds. The minimum atomic E-state index is 0.483. The van der Waals surface area contributed by atoms with Crippen LogP contribution < -0.4 is 9.47 Å². The SMILES string of the molecule is COc1ccc(Oc2cc[c]c(C)n2)c(Cl)c1. The van der Waals surface area contributed by atoms with Crippen LogP contribution in [-0.2, 0) is 0 Å². The molecule has 0 bridgehead atoms. The average Bonchev–Trinajstić information content (AvgIpc) is 2.32. The predicted octanol–water partition coefficient (Wildman–Crippen LogP) is 3.64. The highest BCUT2D eigenvalue weighted by Gasteiger charge is 2.05. The van der Waals surface area contributed by atoms with Gasteiger partial charge in [0.2, 0.25) is 5.88 Å². The quantitative estimate of drug-likeness (QED) is 0.831. The van der Waals surface area contributed by atoms with E-state index in [1.807, 2.05) is 6.92 Å². The van der Waals surface area contributed by atoms with Gasteiger partial charge in [0.1, 0.15) is 11.5 Å². The van der Waals surface area contributed by atoms with E-state index in [0.29, 0.717) is 22.4 Å². The molecule has 0 aliphatic rings. The second kappa shape index (κ2) is 5.06. The van der Waals surface area contributed by atoms with Crippen molar-refractivity contribution in [3.8, 4) is 17.4 Å². The number of hydrogen-bond donors (Lipinski definition) is 0. The maximum Gasteiger partial charge on any atom is 0.219 e. The minimum absolute atomic E-state index is 0.483. The Morgan fingerprint density at radius 3 is 2.76 bits per heavy atom. The molecule has 3 nitrogen and oxygen atoms in total. The van der Waals surface area contributed by atoms with Crippen molar-refractivity contribution in [2.45, 2.75) is 6.92 Å². The van der Waals surface area contributed by atoms with Crippen LogP contribution >= 0.6 is 11.6 Å². The topological polar surface area (TPSA) is 31.4 Å². The lowest BCUT2D eigenvalue weighted by Crippen LogP contribution is -1.91. The third kappa shape index (κ3) is 2.88. The number of halogens is 1. The predicted molar refractivity (Wildman–Crippen MR) is 65.9 cm³/mol. The van der Waals surface area contributed by atoms with Crippen LogP contribution in [-0.4, -0.2) is 12.1 Å². The van der Waals surface area contributed by atoms with E-state index in [4.69, 9.17) is 21.1 Å². The van der Waals surface area contributed by atoms with Gasteiger partial charge in [0.25, 0.3) is 0 Å². The van der Waals surface area contributed by atoms with Gasteiger partial charge in [0.15, 0.2) is 0 Å².